The Morgan fingerprint density at radius 2 is 2.12 bits per heavy atom. The molecule has 3 heterocycles. The van der Waals surface area contributed by atoms with E-state index in [2.05, 4.69) is 15.4 Å². The Labute approximate surface area is 143 Å². The molecule has 8 heteroatoms. The average molecular weight is 338 g/mol. The molecule has 8 nitrogen and oxygen atoms in total. The van der Waals surface area contributed by atoms with Crippen molar-refractivity contribution in [3.05, 3.63) is 40.3 Å². The average Bonchev–Trinajstić information content (AvgIpc) is 3.38. The maximum atomic E-state index is 12.9. The van der Waals surface area contributed by atoms with Crippen LogP contribution in [0.25, 0.3) is 5.69 Å². The van der Waals surface area contributed by atoms with Gasteiger partial charge in [0.25, 0.3) is 0 Å². The van der Waals surface area contributed by atoms with Crippen LogP contribution in [-0.2, 0) is 11.3 Å². The van der Waals surface area contributed by atoms with Gasteiger partial charge in [0, 0.05) is 24.7 Å². The van der Waals surface area contributed by atoms with Crippen molar-refractivity contribution in [1.82, 2.24) is 19.7 Å². The summed E-state index contributed by atoms with van der Waals surface area (Å²) in [6, 6.07) is 7.97. The first-order valence-corrected chi connectivity index (χ1v) is 8.63. The number of nitrogens with one attached hydrogen (secondary N) is 1. The van der Waals surface area contributed by atoms with E-state index < -0.39 is 0 Å². The predicted octanol–water partition coefficient (Wildman–Crippen LogP) is 0.283. The minimum atomic E-state index is -0.293. The largest absolute Gasteiger partial charge is 0.352 e. The molecular formula is C17H18N6O2. The first-order chi connectivity index (χ1) is 12.2. The normalized spacial score (nSPS) is 18.1. The molecule has 0 atom stereocenters. The molecule has 0 saturated heterocycles. The van der Waals surface area contributed by atoms with Gasteiger partial charge in [-0.3, -0.25) is 14.7 Å². The van der Waals surface area contributed by atoms with Gasteiger partial charge in [-0.25, -0.2) is 14.0 Å². The Balaban J connectivity index is 1.61. The number of fused-ring (bicyclic) bond motifs is 6. The lowest BCUT2D eigenvalue weighted by Gasteiger charge is -2.33. The minimum absolute atomic E-state index is 0.0577. The number of amidine groups is 1. The van der Waals surface area contributed by atoms with Crippen LogP contribution in [0.5, 0.6) is 0 Å². The van der Waals surface area contributed by atoms with Gasteiger partial charge in [0.2, 0.25) is 11.9 Å². The lowest BCUT2D eigenvalue weighted by atomic mass is 10.1. The predicted molar refractivity (Wildman–Crippen MR) is 92.4 cm³/mol. The molecule has 1 aromatic carbocycles. The number of hydrogen-bond donors (Lipinski definition) is 1. The Hall–Kier alpha value is -2.90. The molecule has 2 aromatic rings. The zero-order valence-corrected chi connectivity index (χ0v) is 13.7. The van der Waals surface area contributed by atoms with Crippen molar-refractivity contribution in [2.75, 3.05) is 18.0 Å². The first-order valence-electron chi connectivity index (χ1n) is 8.63. The van der Waals surface area contributed by atoms with E-state index in [9.17, 15) is 9.59 Å². The van der Waals surface area contributed by atoms with Crippen molar-refractivity contribution < 1.29 is 4.79 Å². The molecule has 0 radical (unpaired) electrons. The van der Waals surface area contributed by atoms with Crippen LogP contribution >= 0.6 is 0 Å². The number of benzene rings is 1. The monoisotopic (exact) mass is 338 g/mol. The summed E-state index contributed by atoms with van der Waals surface area (Å²) < 4.78 is 2.84. The standard InChI is InChI=1S/C17H18N6O2/c24-14(19-11-6-7-11)10-22-17(25)23-13-5-2-1-4-12(13)15-18-8-3-9-21(15)16(23)20-22/h1-2,4-5,11H,3,6-10H2,(H,19,24). The van der Waals surface area contributed by atoms with E-state index in [0.29, 0.717) is 5.95 Å². The van der Waals surface area contributed by atoms with Gasteiger partial charge in [-0.05, 0) is 31.4 Å². The number of nitrogens with zero attached hydrogens (tertiary/aromatic N) is 5. The van der Waals surface area contributed by atoms with Crippen LogP contribution in [0.1, 0.15) is 24.8 Å². The summed E-state index contributed by atoms with van der Waals surface area (Å²) in [5.41, 5.74) is 1.41. The molecule has 1 aromatic heterocycles. The zero-order valence-electron chi connectivity index (χ0n) is 13.7. The summed E-state index contributed by atoms with van der Waals surface area (Å²) in [5.74, 6) is 1.23. The third-order valence-electron chi connectivity index (χ3n) is 4.74. The topological polar surface area (TPSA) is 84.5 Å². The fourth-order valence-electron chi connectivity index (χ4n) is 3.41. The van der Waals surface area contributed by atoms with Crippen LogP contribution in [-0.4, -0.2) is 45.2 Å². The van der Waals surface area contributed by atoms with E-state index in [1.165, 1.54) is 4.68 Å². The first kappa shape index (κ1) is 14.4. The summed E-state index contributed by atoms with van der Waals surface area (Å²) >= 11 is 0. The van der Waals surface area contributed by atoms with Crippen molar-refractivity contribution in [3.63, 3.8) is 0 Å². The van der Waals surface area contributed by atoms with E-state index >= 15 is 0 Å². The number of aromatic nitrogens is 3. The van der Waals surface area contributed by atoms with Gasteiger partial charge in [-0.2, -0.15) is 0 Å². The molecule has 1 saturated carbocycles. The second-order valence-corrected chi connectivity index (χ2v) is 6.65. The molecule has 1 amide bonds. The van der Waals surface area contributed by atoms with Gasteiger partial charge < -0.3 is 5.32 Å². The van der Waals surface area contributed by atoms with Crippen molar-refractivity contribution >= 4 is 17.7 Å². The molecule has 25 heavy (non-hydrogen) atoms. The lowest BCUT2D eigenvalue weighted by molar-refractivity contribution is -0.122. The van der Waals surface area contributed by atoms with Crippen LogP contribution in [0.4, 0.5) is 5.95 Å². The van der Waals surface area contributed by atoms with Crippen LogP contribution in [0.2, 0.25) is 0 Å². The Bertz CT molecular complexity index is 952. The second kappa shape index (κ2) is 5.30. The smallest absolute Gasteiger partial charge is 0.352 e. The highest BCUT2D eigenvalue weighted by molar-refractivity contribution is 6.13. The molecule has 3 aliphatic rings. The number of hydrogen-bond acceptors (Lipinski definition) is 5. The third-order valence-corrected chi connectivity index (χ3v) is 4.74. The number of anilines is 1. The minimum Gasteiger partial charge on any atom is -0.352 e. The van der Waals surface area contributed by atoms with Gasteiger partial charge in [0.15, 0.2) is 0 Å². The van der Waals surface area contributed by atoms with Crippen LogP contribution < -0.4 is 15.9 Å². The number of carbonyl (C=O) groups is 1. The number of amides is 1. The van der Waals surface area contributed by atoms with Gasteiger partial charge in [0.1, 0.15) is 12.4 Å². The van der Waals surface area contributed by atoms with Gasteiger partial charge in [0.05, 0.1) is 5.69 Å². The van der Waals surface area contributed by atoms with Crippen molar-refractivity contribution in [2.24, 2.45) is 4.99 Å². The maximum absolute atomic E-state index is 12.9. The highest BCUT2D eigenvalue weighted by Gasteiger charge is 2.33. The highest BCUT2D eigenvalue weighted by Crippen LogP contribution is 2.29. The summed E-state index contributed by atoms with van der Waals surface area (Å²) in [5, 5.41) is 7.35. The summed E-state index contributed by atoms with van der Waals surface area (Å²) in [6.45, 7) is 1.48. The number of rotatable bonds is 3. The molecule has 0 bridgehead atoms. The van der Waals surface area contributed by atoms with Gasteiger partial charge in [-0.15, -0.1) is 5.10 Å². The number of carbonyl (C=O) groups excluding carboxylic acids is 1. The summed E-state index contributed by atoms with van der Waals surface area (Å²) in [7, 11) is 0. The third kappa shape index (κ3) is 2.28. The van der Waals surface area contributed by atoms with Crippen LogP contribution in [0.15, 0.2) is 34.1 Å². The molecule has 128 valence electrons. The van der Waals surface area contributed by atoms with Crippen molar-refractivity contribution in [1.29, 1.82) is 0 Å². The fourth-order valence-corrected chi connectivity index (χ4v) is 3.41. The maximum Gasteiger partial charge on any atom is 0.352 e. The number of aliphatic imine (C=N–C) groups is 1. The SMILES string of the molecule is O=C(Cn1nc2n(c1=O)-c1ccccc1C1=NCCCN12)NC1CC1. The Morgan fingerprint density at radius 1 is 1.28 bits per heavy atom. The molecular weight excluding hydrogens is 320 g/mol. The molecule has 2 aliphatic heterocycles. The fraction of sp³-hybridized carbons (Fsp3) is 0.412. The van der Waals surface area contributed by atoms with Crippen LogP contribution in [0.3, 0.4) is 0 Å². The van der Waals surface area contributed by atoms with Gasteiger partial charge >= 0.3 is 5.69 Å². The van der Waals surface area contributed by atoms with E-state index in [-0.39, 0.29) is 24.2 Å². The van der Waals surface area contributed by atoms with E-state index in [1.807, 2.05) is 29.2 Å². The van der Waals surface area contributed by atoms with Gasteiger partial charge in [-0.1, -0.05) is 12.1 Å². The molecule has 0 unspecified atom stereocenters. The van der Waals surface area contributed by atoms with E-state index in [4.69, 9.17) is 0 Å². The highest BCUT2D eigenvalue weighted by atomic mass is 16.2. The van der Waals surface area contributed by atoms with E-state index in [0.717, 1.165) is 49.4 Å². The van der Waals surface area contributed by atoms with Crippen molar-refractivity contribution in [2.45, 2.75) is 31.8 Å². The summed E-state index contributed by atoms with van der Waals surface area (Å²) in [4.78, 5) is 31.6. The van der Waals surface area contributed by atoms with Crippen LogP contribution in [0, 0.1) is 0 Å². The molecule has 0 spiro atoms. The molecule has 5 rings (SSSR count). The van der Waals surface area contributed by atoms with Crippen molar-refractivity contribution in [3.8, 4) is 5.69 Å². The van der Waals surface area contributed by atoms with E-state index in [1.54, 1.807) is 4.57 Å². The number of para-hydroxylation sites is 1. The molecule has 1 fully saturated rings. The second-order valence-electron chi connectivity index (χ2n) is 6.65. The molecule has 1 aliphatic carbocycles. The Kier molecular flexibility index (Phi) is 3.06. The summed E-state index contributed by atoms with van der Waals surface area (Å²) in [6.07, 6.45) is 2.94. The quantitative estimate of drug-likeness (QED) is 0.871. The zero-order chi connectivity index (χ0) is 17.0. The lowest BCUT2D eigenvalue weighted by Crippen LogP contribution is -2.43. The Morgan fingerprint density at radius 3 is 2.96 bits per heavy atom. The molecule has 1 N–H and O–H groups in total.